The number of hydrogen-bond acceptors (Lipinski definition) is 4. The summed E-state index contributed by atoms with van der Waals surface area (Å²) >= 11 is 0. The third-order valence-electron chi connectivity index (χ3n) is 5.62. The summed E-state index contributed by atoms with van der Waals surface area (Å²) in [4.78, 5) is 10.7. The second-order valence-electron chi connectivity index (χ2n) is 14.6. The van der Waals surface area contributed by atoms with Crippen molar-refractivity contribution in [2.45, 2.75) is 123 Å². The molecule has 37 heavy (non-hydrogen) atoms. The van der Waals surface area contributed by atoms with Crippen LogP contribution in [0.25, 0.3) is 0 Å². The van der Waals surface area contributed by atoms with Gasteiger partial charge in [0.05, 0.1) is 48.3 Å². The first-order chi connectivity index (χ1) is 16.1. The van der Waals surface area contributed by atoms with Gasteiger partial charge in [-0.3, -0.25) is 9.09 Å². The zero-order chi connectivity index (χ0) is 31.4. The lowest BCUT2D eigenvalue weighted by atomic mass is 9.75. The van der Waals surface area contributed by atoms with Gasteiger partial charge in [-0.05, 0) is 36.5 Å². The van der Waals surface area contributed by atoms with Gasteiger partial charge in [-0.1, -0.05) is 102 Å². The Bertz CT molecular complexity index is 529. The Morgan fingerprint density at radius 1 is 0.703 bits per heavy atom. The molecule has 0 aliphatic heterocycles. The molecule has 0 aromatic rings. The highest BCUT2D eigenvalue weighted by atomic mass is 31.2. The van der Waals surface area contributed by atoms with Crippen molar-refractivity contribution >= 4 is 7.82 Å². The molecule has 0 saturated heterocycles. The normalized spacial score (nSPS) is 13.8. The summed E-state index contributed by atoms with van der Waals surface area (Å²) in [7, 11) is 7.32. The van der Waals surface area contributed by atoms with Crippen LogP contribution in [0.1, 0.15) is 123 Å². The van der Waals surface area contributed by atoms with Crippen LogP contribution in [0.2, 0.25) is 0 Å². The Labute approximate surface area is 236 Å². The van der Waals surface area contributed by atoms with Gasteiger partial charge in [0.25, 0.3) is 7.82 Å². The maximum atomic E-state index is 10.7. The van der Waals surface area contributed by atoms with Crippen molar-refractivity contribution in [3.63, 3.8) is 0 Å². The van der Waals surface area contributed by atoms with E-state index in [0.717, 1.165) is 18.1 Å². The molecule has 0 rings (SSSR count). The van der Waals surface area contributed by atoms with E-state index >= 15 is 0 Å². The maximum Gasteiger partial charge on any atom is 0.272 e. The molecule has 0 heterocycles. The van der Waals surface area contributed by atoms with Crippen molar-refractivity contribution in [3.8, 4) is 0 Å². The minimum absolute atomic E-state index is 0.102. The molecular weight excluding hydrogens is 483 g/mol. The number of phosphoric ester groups is 1. The minimum Gasteiger partial charge on any atom is -0.756 e. The standard InChI is InChI=1S/C10H22.C6H16NO4P.C6H14.C5H14N.C3H8/c1-7-10(5,6)8-9(2,3)4;1-5-7(2,3)6-11-12(8,9)10-4;2*1-5-6(2,3)4;1-3-2/h7-8H2,1-6H3;5-6H2,1-4H3;2*5H2,1-4H3;3H2,1-2H3/q;;;+1;. The Morgan fingerprint density at radius 3 is 1.16 bits per heavy atom. The lowest BCUT2D eigenvalue weighted by Crippen LogP contribution is -2.41. The van der Waals surface area contributed by atoms with Crippen molar-refractivity contribution in [2.75, 3.05) is 62.2 Å². The summed E-state index contributed by atoms with van der Waals surface area (Å²) < 4.78 is 21.0. The number of rotatable bonds is 8. The van der Waals surface area contributed by atoms with Crippen LogP contribution < -0.4 is 4.89 Å². The first-order valence-electron chi connectivity index (χ1n) is 14.3. The molecule has 0 bridgehead atoms. The molecule has 0 aliphatic rings. The fraction of sp³-hybridized carbons (Fsp3) is 1.00. The van der Waals surface area contributed by atoms with Gasteiger partial charge in [0.1, 0.15) is 0 Å². The number of phosphoric acid groups is 1. The van der Waals surface area contributed by atoms with Crippen LogP contribution in [0.3, 0.4) is 0 Å². The van der Waals surface area contributed by atoms with Gasteiger partial charge in [0.2, 0.25) is 0 Å². The van der Waals surface area contributed by atoms with Crippen molar-refractivity contribution in [3.05, 3.63) is 0 Å². The predicted molar refractivity (Wildman–Crippen MR) is 166 cm³/mol. The average Bonchev–Trinajstić information content (AvgIpc) is 2.72. The second kappa shape index (κ2) is 21.8. The zero-order valence-electron chi connectivity index (χ0n) is 29.4. The van der Waals surface area contributed by atoms with Crippen LogP contribution in [-0.4, -0.2) is 71.1 Å². The predicted octanol–water partition coefficient (Wildman–Crippen LogP) is 8.60. The second-order valence-corrected chi connectivity index (χ2v) is 16.1. The van der Waals surface area contributed by atoms with E-state index in [1.54, 1.807) is 0 Å². The van der Waals surface area contributed by atoms with Gasteiger partial charge in [-0.25, -0.2) is 0 Å². The monoisotopic (exact) mass is 558 g/mol. The lowest BCUT2D eigenvalue weighted by Gasteiger charge is -2.31. The van der Waals surface area contributed by atoms with E-state index in [-0.39, 0.29) is 6.73 Å². The van der Waals surface area contributed by atoms with Crippen LogP contribution in [0.15, 0.2) is 0 Å². The number of quaternary nitrogens is 2. The summed E-state index contributed by atoms with van der Waals surface area (Å²) in [5, 5.41) is 0. The SMILES string of the molecule is CCC.CCC(C)(C)C.CCC(C)(C)CC(C)(C)C.CC[N+](C)(C)C.CC[N+](C)(C)COP(=O)([O-])OC. The van der Waals surface area contributed by atoms with E-state index in [9.17, 15) is 9.46 Å². The summed E-state index contributed by atoms with van der Waals surface area (Å²) in [5.41, 5.74) is 1.55. The molecule has 1 atom stereocenters. The first-order valence-corrected chi connectivity index (χ1v) is 15.7. The molecular formula is C30H74N2O4P+. The third-order valence-corrected chi connectivity index (χ3v) is 6.50. The molecule has 0 spiro atoms. The van der Waals surface area contributed by atoms with Crippen molar-refractivity contribution in [1.82, 2.24) is 0 Å². The number of nitrogens with zero attached hydrogens (tertiary/aromatic N) is 2. The smallest absolute Gasteiger partial charge is 0.272 e. The fourth-order valence-corrected chi connectivity index (χ4v) is 2.49. The van der Waals surface area contributed by atoms with Gasteiger partial charge < -0.3 is 18.4 Å². The van der Waals surface area contributed by atoms with Crippen LogP contribution in [0, 0.1) is 16.2 Å². The highest BCUT2D eigenvalue weighted by molar-refractivity contribution is 7.45. The Hall–Kier alpha value is 0.0300. The molecule has 0 amide bonds. The Balaban J connectivity index is -0.000000123. The van der Waals surface area contributed by atoms with Gasteiger partial charge in [0, 0.05) is 7.11 Å². The Kier molecular flexibility index (Phi) is 27.6. The molecule has 7 heteroatoms. The molecule has 232 valence electrons. The van der Waals surface area contributed by atoms with Gasteiger partial charge in [0.15, 0.2) is 6.73 Å². The van der Waals surface area contributed by atoms with Crippen LogP contribution in [-0.2, 0) is 13.6 Å². The van der Waals surface area contributed by atoms with E-state index < -0.39 is 7.82 Å². The molecule has 0 N–H and O–H groups in total. The van der Waals surface area contributed by atoms with E-state index in [2.05, 4.69) is 120 Å². The quantitative estimate of drug-likeness (QED) is 0.170. The van der Waals surface area contributed by atoms with E-state index in [4.69, 9.17) is 0 Å². The molecule has 0 aromatic heterocycles. The summed E-state index contributed by atoms with van der Waals surface area (Å²) in [6.07, 6.45) is 5.12. The molecule has 0 radical (unpaired) electrons. The van der Waals surface area contributed by atoms with Crippen molar-refractivity contribution < 1.29 is 27.5 Å². The summed E-state index contributed by atoms with van der Waals surface area (Å²) in [5.74, 6) is 0. The Morgan fingerprint density at radius 2 is 1.03 bits per heavy atom. The van der Waals surface area contributed by atoms with Crippen LogP contribution in [0.5, 0.6) is 0 Å². The zero-order valence-corrected chi connectivity index (χ0v) is 30.3. The maximum absolute atomic E-state index is 10.7. The van der Waals surface area contributed by atoms with Crippen LogP contribution in [0.4, 0.5) is 0 Å². The molecule has 1 unspecified atom stereocenters. The fourth-order valence-electron chi connectivity index (χ4n) is 1.93. The molecule has 0 aromatic carbocycles. The highest BCUT2D eigenvalue weighted by Gasteiger charge is 2.23. The van der Waals surface area contributed by atoms with Gasteiger partial charge in [-0.15, -0.1) is 0 Å². The lowest BCUT2D eigenvalue weighted by molar-refractivity contribution is -0.904. The average molecular weight is 558 g/mol. The van der Waals surface area contributed by atoms with E-state index in [1.807, 2.05) is 21.0 Å². The highest BCUT2D eigenvalue weighted by Crippen LogP contribution is 2.37. The molecule has 0 aliphatic carbocycles. The molecule has 0 fully saturated rings. The van der Waals surface area contributed by atoms with Crippen molar-refractivity contribution in [2.24, 2.45) is 16.2 Å². The first kappa shape index (κ1) is 46.9. The third kappa shape index (κ3) is 53.1. The topological polar surface area (TPSA) is 58.6 Å². The minimum atomic E-state index is -4.05. The van der Waals surface area contributed by atoms with Crippen LogP contribution >= 0.6 is 7.82 Å². The largest absolute Gasteiger partial charge is 0.756 e. The van der Waals surface area contributed by atoms with Gasteiger partial charge in [-0.2, -0.15) is 0 Å². The molecule has 0 saturated carbocycles. The van der Waals surface area contributed by atoms with E-state index in [1.165, 1.54) is 32.2 Å². The number of hydrogen-bond donors (Lipinski definition) is 0. The van der Waals surface area contributed by atoms with E-state index in [0.29, 0.717) is 20.7 Å². The summed E-state index contributed by atoms with van der Waals surface area (Å²) in [6, 6.07) is 0. The summed E-state index contributed by atoms with van der Waals surface area (Å²) in [6.45, 7) is 33.3. The van der Waals surface area contributed by atoms with Gasteiger partial charge >= 0.3 is 0 Å². The molecule has 6 nitrogen and oxygen atoms in total. The van der Waals surface area contributed by atoms with Crippen molar-refractivity contribution in [1.29, 1.82) is 0 Å².